The number of carbonyl (C=O) groups is 3. The monoisotopic (exact) mass is 504 g/mol. The molecule has 0 bridgehead atoms. The SMILES string of the molecule is CCCCCCCCCCCCCCCCCC(=O)N[C@H](C(=O)N[C@H](C(=O)[O-])C(C)C)C(C)C.[Na+]. The quantitative estimate of drug-likeness (QED) is 0.175. The zero-order valence-corrected chi connectivity index (χ0v) is 25.8. The Bertz CT molecular complexity index is 555. The maximum Gasteiger partial charge on any atom is 1.00 e. The van der Waals surface area contributed by atoms with Crippen molar-refractivity contribution in [2.24, 2.45) is 11.8 Å². The van der Waals surface area contributed by atoms with Crippen molar-refractivity contribution in [1.29, 1.82) is 0 Å². The van der Waals surface area contributed by atoms with Crippen molar-refractivity contribution in [3.63, 3.8) is 0 Å². The fourth-order valence-electron chi connectivity index (χ4n) is 4.18. The summed E-state index contributed by atoms with van der Waals surface area (Å²) in [7, 11) is 0. The molecule has 2 atom stereocenters. The van der Waals surface area contributed by atoms with Gasteiger partial charge in [0.25, 0.3) is 0 Å². The second-order valence-electron chi connectivity index (χ2n) is 10.5. The van der Waals surface area contributed by atoms with E-state index in [1.54, 1.807) is 13.8 Å². The number of nitrogens with one attached hydrogen (secondary N) is 2. The van der Waals surface area contributed by atoms with Crippen molar-refractivity contribution < 1.29 is 49.0 Å². The van der Waals surface area contributed by atoms with Crippen LogP contribution in [0.5, 0.6) is 0 Å². The number of hydrogen-bond donors (Lipinski definition) is 2. The van der Waals surface area contributed by atoms with E-state index < -0.39 is 24.0 Å². The Hall–Kier alpha value is -0.590. The van der Waals surface area contributed by atoms with Gasteiger partial charge >= 0.3 is 29.6 Å². The molecule has 0 spiro atoms. The van der Waals surface area contributed by atoms with E-state index in [1.165, 1.54) is 77.0 Å². The standard InChI is InChI=1S/C28H54N2O4.Na/c1-6-7-8-9-10-11-12-13-14-15-16-17-18-19-20-21-24(31)29-25(22(2)3)27(32)30-26(23(4)5)28(33)34;/h22-23,25-26H,6-21H2,1-5H3,(H,29,31)(H,30,32)(H,33,34);/q;+1/p-1/t25-,26-;/m0./s1. The molecular weight excluding hydrogens is 451 g/mol. The number of hydrogen-bond acceptors (Lipinski definition) is 4. The van der Waals surface area contributed by atoms with E-state index in [-0.39, 0.29) is 47.3 Å². The first-order chi connectivity index (χ1) is 16.2. The smallest absolute Gasteiger partial charge is 0.548 e. The Morgan fingerprint density at radius 2 is 0.971 bits per heavy atom. The van der Waals surface area contributed by atoms with Crippen LogP contribution in [0.1, 0.15) is 137 Å². The average Bonchev–Trinajstić information content (AvgIpc) is 2.77. The van der Waals surface area contributed by atoms with Crippen LogP contribution in [0.15, 0.2) is 0 Å². The molecule has 0 aromatic heterocycles. The summed E-state index contributed by atoms with van der Waals surface area (Å²) in [5, 5.41) is 16.5. The van der Waals surface area contributed by atoms with Crippen molar-refractivity contribution in [2.45, 2.75) is 149 Å². The molecular formula is C28H53N2NaO4. The van der Waals surface area contributed by atoms with Crippen molar-refractivity contribution in [3.05, 3.63) is 0 Å². The van der Waals surface area contributed by atoms with E-state index in [4.69, 9.17) is 0 Å². The molecule has 0 aromatic rings. The molecule has 6 nitrogen and oxygen atoms in total. The van der Waals surface area contributed by atoms with Gasteiger partial charge in [-0.15, -0.1) is 0 Å². The van der Waals surface area contributed by atoms with Crippen LogP contribution in [0.4, 0.5) is 0 Å². The molecule has 0 aliphatic rings. The third kappa shape index (κ3) is 20.2. The van der Waals surface area contributed by atoms with Gasteiger partial charge < -0.3 is 20.5 Å². The van der Waals surface area contributed by atoms with E-state index in [2.05, 4.69) is 17.6 Å². The van der Waals surface area contributed by atoms with Crippen LogP contribution >= 0.6 is 0 Å². The van der Waals surface area contributed by atoms with Gasteiger partial charge in [0.2, 0.25) is 11.8 Å². The fourth-order valence-corrected chi connectivity index (χ4v) is 4.18. The molecule has 0 aliphatic carbocycles. The molecule has 0 unspecified atom stereocenters. The van der Waals surface area contributed by atoms with Crippen molar-refractivity contribution in [3.8, 4) is 0 Å². The summed E-state index contributed by atoms with van der Waals surface area (Å²) in [5.41, 5.74) is 0. The summed E-state index contributed by atoms with van der Waals surface area (Å²) in [6, 6.07) is -1.81. The van der Waals surface area contributed by atoms with Gasteiger partial charge in [-0.25, -0.2) is 0 Å². The van der Waals surface area contributed by atoms with E-state index in [0.29, 0.717) is 6.42 Å². The van der Waals surface area contributed by atoms with Crippen LogP contribution in [0.2, 0.25) is 0 Å². The predicted molar refractivity (Wildman–Crippen MR) is 138 cm³/mol. The van der Waals surface area contributed by atoms with Crippen LogP contribution in [0.3, 0.4) is 0 Å². The maximum atomic E-state index is 12.5. The van der Waals surface area contributed by atoms with Gasteiger partial charge in [-0.2, -0.15) is 0 Å². The first-order valence-corrected chi connectivity index (χ1v) is 14.0. The molecule has 35 heavy (non-hydrogen) atoms. The minimum atomic E-state index is -1.31. The number of carboxylic acids is 1. The molecule has 0 fully saturated rings. The van der Waals surface area contributed by atoms with Crippen molar-refractivity contribution >= 4 is 17.8 Å². The second-order valence-corrected chi connectivity index (χ2v) is 10.5. The van der Waals surface area contributed by atoms with E-state index in [1.807, 2.05) is 13.8 Å². The number of aliphatic carboxylic acids is 1. The molecule has 0 radical (unpaired) electrons. The van der Waals surface area contributed by atoms with E-state index in [9.17, 15) is 19.5 Å². The zero-order chi connectivity index (χ0) is 25.8. The third-order valence-corrected chi connectivity index (χ3v) is 6.49. The molecule has 0 saturated carbocycles. The van der Waals surface area contributed by atoms with Crippen LogP contribution < -0.4 is 45.3 Å². The largest absolute Gasteiger partial charge is 1.00 e. The fraction of sp³-hybridized carbons (Fsp3) is 0.893. The third-order valence-electron chi connectivity index (χ3n) is 6.49. The summed E-state index contributed by atoms with van der Waals surface area (Å²) in [5.74, 6) is -2.37. The number of rotatable bonds is 22. The van der Waals surface area contributed by atoms with Gasteiger partial charge in [0.05, 0.1) is 12.0 Å². The summed E-state index contributed by atoms with van der Waals surface area (Å²) in [4.78, 5) is 36.1. The van der Waals surface area contributed by atoms with E-state index >= 15 is 0 Å². The summed E-state index contributed by atoms with van der Waals surface area (Å²) < 4.78 is 0. The average molecular weight is 505 g/mol. The van der Waals surface area contributed by atoms with Crippen molar-refractivity contribution in [1.82, 2.24) is 10.6 Å². The number of amides is 2. The summed E-state index contributed by atoms with van der Waals surface area (Å²) >= 11 is 0. The van der Waals surface area contributed by atoms with Gasteiger partial charge in [0, 0.05) is 6.42 Å². The molecule has 0 saturated heterocycles. The Balaban J connectivity index is 0. The predicted octanol–water partition coefficient (Wildman–Crippen LogP) is 2.28. The molecule has 7 heteroatoms. The molecule has 0 heterocycles. The van der Waals surface area contributed by atoms with Crippen molar-refractivity contribution in [2.75, 3.05) is 0 Å². The molecule has 200 valence electrons. The van der Waals surface area contributed by atoms with Gasteiger partial charge in [-0.3, -0.25) is 9.59 Å². The topological polar surface area (TPSA) is 98.3 Å². The molecule has 2 N–H and O–H groups in total. The molecule has 0 aromatic carbocycles. The van der Waals surface area contributed by atoms with Gasteiger partial charge in [-0.1, -0.05) is 125 Å². The Kier molecular flexibility index (Phi) is 24.9. The van der Waals surface area contributed by atoms with Crippen LogP contribution in [0.25, 0.3) is 0 Å². The number of carbonyl (C=O) groups excluding carboxylic acids is 3. The molecule has 0 rings (SSSR count). The Morgan fingerprint density at radius 3 is 1.31 bits per heavy atom. The minimum absolute atomic E-state index is 0. The van der Waals surface area contributed by atoms with Gasteiger partial charge in [0.15, 0.2) is 0 Å². The van der Waals surface area contributed by atoms with Crippen LogP contribution in [0, 0.1) is 11.8 Å². The molecule has 0 aliphatic heterocycles. The zero-order valence-electron chi connectivity index (χ0n) is 23.8. The Morgan fingerprint density at radius 1 is 0.600 bits per heavy atom. The van der Waals surface area contributed by atoms with Crippen LogP contribution in [-0.2, 0) is 14.4 Å². The van der Waals surface area contributed by atoms with Gasteiger partial charge in [0.1, 0.15) is 6.04 Å². The minimum Gasteiger partial charge on any atom is -0.548 e. The van der Waals surface area contributed by atoms with Gasteiger partial charge in [-0.05, 0) is 18.3 Å². The van der Waals surface area contributed by atoms with E-state index in [0.717, 1.165) is 19.3 Å². The van der Waals surface area contributed by atoms with Crippen LogP contribution in [-0.4, -0.2) is 29.9 Å². The number of carboxylic acid groups (broad SMARTS) is 1. The summed E-state index contributed by atoms with van der Waals surface area (Å²) in [6.45, 7) is 9.35. The first kappa shape index (κ1) is 36.6. The maximum absolute atomic E-state index is 12.5. The first-order valence-electron chi connectivity index (χ1n) is 14.0. The Labute approximate surface area is 237 Å². The molecule has 2 amide bonds. The normalized spacial score (nSPS) is 12.8. The number of unbranched alkanes of at least 4 members (excludes halogenated alkanes) is 14. The summed E-state index contributed by atoms with van der Waals surface area (Å²) in [6.07, 6.45) is 19.5. The second kappa shape index (κ2) is 23.8.